The summed E-state index contributed by atoms with van der Waals surface area (Å²) in [5, 5.41) is 6.25. The average molecular weight is 388 g/mol. The lowest BCUT2D eigenvalue weighted by Crippen LogP contribution is -2.49. The maximum Gasteiger partial charge on any atom is 0.240 e. The van der Waals surface area contributed by atoms with Crippen molar-refractivity contribution in [3.8, 4) is 0 Å². The highest BCUT2D eigenvalue weighted by molar-refractivity contribution is 6.07. The van der Waals surface area contributed by atoms with Crippen LogP contribution in [0.3, 0.4) is 0 Å². The van der Waals surface area contributed by atoms with E-state index < -0.39 is 0 Å². The Hall–Kier alpha value is -1.18. The minimum Gasteiger partial charge on any atom is -0.384 e. The van der Waals surface area contributed by atoms with Gasteiger partial charge in [-0.25, -0.2) is 0 Å². The maximum atomic E-state index is 12.5. The molecule has 2 saturated heterocycles. The van der Waals surface area contributed by atoms with Crippen LogP contribution < -0.4 is 10.6 Å². The summed E-state index contributed by atoms with van der Waals surface area (Å²) in [6.07, 6.45) is 5.41. The summed E-state index contributed by atoms with van der Waals surface area (Å²) < 4.78 is 5.35. The first kappa shape index (κ1) is 21.1. The minimum atomic E-state index is -0.255. The number of piperidine rings is 1. The van der Waals surface area contributed by atoms with Gasteiger partial charge in [0.05, 0.1) is 18.4 Å². The predicted octanol–water partition coefficient (Wildman–Crippen LogP) is 0.716. The van der Waals surface area contributed by atoms with Gasteiger partial charge in [0.25, 0.3) is 0 Å². The van der Waals surface area contributed by atoms with Crippen molar-refractivity contribution in [1.29, 1.82) is 0 Å². The Morgan fingerprint density at radius 1 is 1.19 bits per heavy atom. The molecule has 0 aromatic carbocycles. The SMILES string of the molecule is COCC1(CNC(=O)CN2C(=O)C3CCCCC3C2=O)CCNCC1.Cl. The van der Waals surface area contributed by atoms with Crippen LogP contribution in [-0.4, -0.2) is 62.5 Å². The summed E-state index contributed by atoms with van der Waals surface area (Å²) in [6, 6.07) is 0. The van der Waals surface area contributed by atoms with E-state index in [1.54, 1.807) is 7.11 Å². The minimum absolute atomic E-state index is 0. The topological polar surface area (TPSA) is 87.7 Å². The molecular weight excluding hydrogens is 358 g/mol. The molecule has 3 fully saturated rings. The molecule has 148 valence electrons. The van der Waals surface area contributed by atoms with E-state index in [4.69, 9.17) is 4.74 Å². The van der Waals surface area contributed by atoms with Crippen LogP contribution in [0.2, 0.25) is 0 Å². The first-order valence-electron chi connectivity index (χ1n) is 9.38. The fraction of sp³-hybridized carbons (Fsp3) is 0.833. The lowest BCUT2D eigenvalue weighted by molar-refractivity contribution is -0.143. The van der Waals surface area contributed by atoms with Crippen LogP contribution in [0.25, 0.3) is 0 Å². The molecule has 1 saturated carbocycles. The maximum absolute atomic E-state index is 12.5. The van der Waals surface area contributed by atoms with Crippen LogP contribution in [0.4, 0.5) is 0 Å². The highest BCUT2D eigenvalue weighted by Crippen LogP contribution is 2.37. The molecule has 0 spiro atoms. The molecule has 0 aromatic rings. The van der Waals surface area contributed by atoms with Gasteiger partial charge in [0.15, 0.2) is 0 Å². The van der Waals surface area contributed by atoms with Crippen molar-refractivity contribution in [3.05, 3.63) is 0 Å². The summed E-state index contributed by atoms with van der Waals surface area (Å²) >= 11 is 0. The Balaban J connectivity index is 0.00000243. The van der Waals surface area contributed by atoms with Crippen molar-refractivity contribution in [2.24, 2.45) is 17.3 Å². The normalized spacial score (nSPS) is 27.7. The third-order valence-electron chi connectivity index (χ3n) is 6.01. The number of fused-ring (bicyclic) bond motifs is 1. The predicted molar refractivity (Wildman–Crippen MR) is 98.8 cm³/mol. The lowest BCUT2D eigenvalue weighted by atomic mass is 9.79. The molecule has 8 heteroatoms. The highest BCUT2D eigenvalue weighted by atomic mass is 35.5. The van der Waals surface area contributed by atoms with Crippen molar-refractivity contribution >= 4 is 30.1 Å². The number of imide groups is 1. The first-order chi connectivity index (χ1) is 12.1. The van der Waals surface area contributed by atoms with Crippen LogP contribution in [0.15, 0.2) is 0 Å². The first-order valence-corrected chi connectivity index (χ1v) is 9.38. The van der Waals surface area contributed by atoms with Gasteiger partial charge in [-0.3, -0.25) is 19.3 Å². The van der Waals surface area contributed by atoms with Crippen molar-refractivity contribution in [3.63, 3.8) is 0 Å². The molecule has 2 N–H and O–H groups in total. The largest absolute Gasteiger partial charge is 0.384 e. The second-order valence-electron chi connectivity index (χ2n) is 7.72. The van der Waals surface area contributed by atoms with Gasteiger partial charge in [0.1, 0.15) is 6.54 Å². The number of amides is 3. The summed E-state index contributed by atoms with van der Waals surface area (Å²) in [7, 11) is 1.68. The van der Waals surface area contributed by atoms with Crippen LogP contribution >= 0.6 is 12.4 Å². The number of ether oxygens (including phenoxy) is 1. The standard InChI is InChI=1S/C18H29N3O4.ClH/c1-25-12-18(6-8-19-9-7-18)11-20-15(22)10-21-16(23)13-4-2-3-5-14(13)17(21)24;/h13-14,19H,2-12H2,1H3,(H,20,22);1H. The van der Waals surface area contributed by atoms with E-state index >= 15 is 0 Å². The molecule has 3 aliphatic rings. The molecule has 3 rings (SSSR count). The Labute approximate surface area is 161 Å². The van der Waals surface area contributed by atoms with Gasteiger partial charge >= 0.3 is 0 Å². The van der Waals surface area contributed by atoms with E-state index in [0.717, 1.165) is 51.6 Å². The van der Waals surface area contributed by atoms with Gasteiger partial charge in [-0.15, -0.1) is 12.4 Å². The molecule has 2 heterocycles. The number of methoxy groups -OCH3 is 1. The number of hydrogen-bond acceptors (Lipinski definition) is 5. The van der Waals surface area contributed by atoms with Gasteiger partial charge in [-0.05, 0) is 38.8 Å². The van der Waals surface area contributed by atoms with Gasteiger partial charge < -0.3 is 15.4 Å². The smallest absolute Gasteiger partial charge is 0.240 e. The van der Waals surface area contributed by atoms with Crippen molar-refractivity contribution in [1.82, 2.24) is 15.5 Å². The Kier molecular flexibility index (Phi) is 7.43. The Bertz CT molecular complexity index is 507. The Morgan fingerprint density at radius 3 is 2.31 bits per heavy atom. The molecule has 2 atom stereocenters. The summed E-state index contributed by atoms with van der Waals surface area (Å²) in [5.74, 6) is -0.956. The summed E-state index contributed by atoms with van der Waals surface area (Å²) in [6.45, 7) is 2.79. The fourth-order valence-corrected chi connectivity index (χ4v) is 4.51. The van der Waals surface area contributed by atoms with Crippen molar-refractivity contribution < 1.29 is 19.1 Å². The monoisotopic (exact) mass is 387 g/mol. The highest BCUT2D eigenvalue weighted by Gasteiger charge is 2.48. The third kappa shape index (κ3) is 4.38. The Morgan fingerprint density at radius 2 is 1.77 bits per heavy atom. The number of likely N-dealkylation sites (tertiary alicyclic amines) is 1. The molecule has 0 radical (unpaired) electrons. The lowest BCUT2D eigenvalue weighted by Gasteiger charge is -2.37. The van der Waals surface area contributed by atoms with Crippen LogP contribution in [-0.2, 0) is 19.1 Å². The third-order valence-corrected chi connectivity index (χ3v) is 6.01. The van der Waals surface area contributed by atoms with E-state index in [0.29, 0.717) is 13.2 Å². The van der Waals surface area contributed by atoms with Crippen LogP contribution in [0.5, 0.6) is 0 Å². The fourth-order valence-electron chi connectivity index (χ4n) is 4.51. The van der Waals surface area contributed by atoms with E-state index in [9.17, 15) is 14.4 Å². The average Bonchev–Trinajstić information content (AvgIpc) is 2.87. The number of carbonyl (C=O) groups is 3. The van der Waals surface area contributed by atoms with E-state index in [2.05, 4.69) is 10.6 Å². The molecule has 26 heavy (non-hydrogen) atoms. The van der Waals surface area contributed by atoms with E-state index in [1.165, 1.54) is 4.90 Å². The zero-order valence-corrected chi connectivity index (χ0v) is 16.2. The number of hydrogen-bond donors (Lipinski definition) is 2. The molecule has 7 nitrogen and oxygen atoms in total. The van der Waals surface area contributed by atoms with E-state index in [-0.39, 0.29) is 53.9 Å². The van der Waals surface area contributed by atoms with Crippen molar-refractivity contribution in [2.75, 3.05) is 39.9 Å². The summed E-state index contributed by atoms with van der Waals surface area (Å²) in [5.41, 5.74) is -0.0668. The molecule has 0 bridgehead atoms. The number of nitrogens with one attached hydrogen (secondary N) is 2. The van der Waals surface area contributed by atoms with Crippen molar-refractivity contribution in [2.45, 2.75) is 38.5 Å². The number of rotatable bonds is 6. The number of halogens is 1. The van der Waals surface area contributed by atoms with Crippen LogP contribution in [0, 0.1) is 17.3 Å². The molecule has 2 aliphatic heterocycles. The molecule has 2 unspecified atom stereocenters. The van der Waals surface area contributed by atoms with E-state index in [1.807, 2.05) is 0 Å². The van der Waals surface area contributed by atoms with Gasteiger partial charge in [0, 0.05) is 19.1 Å². The molecule has 0 aromatic heterocycles. The number of carbonyl (C=O) groups excluding carboxylic acids is 3. The van der Waals surface area contributed by atoms with Gasteiger partial charge in [0.2, 0.25) is 17.7 Å². The van der Waals surface area contributed by atoms with Gasteiger partial charge in [-0.2, -0.15) is 0 Å². The summed E-state index contributed by atoms with van der Waals surface area (Å²) in [4.78, 5) is 38.5. The zero-order chi connectivity index (χ0) is 17.9. The van der Waals surface area contributed by atoms with Gasteiger partial charge in [-0.1, -0.05) is 12.8 Å². The zero-order valence-electron chi connectivity index (χ0n) is 15.4. The molecular formula is C18H30ClN3O4. The molecule has 1 aliphatic carbocycles. The van der Waals surface area contributed by atoms with Crippen LogP contribution in [0.1, 0.15) is 38.5 Å². The number of nitrogens with zero attached hydrogens (tertiary/aromatic N) is 1. The second-order valence-corrected chi connectivity index (χ2v) is 7.72. The quantitative estimate of drug-likeness (QED) is 0.655. The second kappa shape index (κ2) is 9.15. The molecule has 3 amide bonds.